The molecule has 0 heterocycles. The topological polar surface area (TPSA) is 70.2 Å². The highest BCUT2D eigenvalue weighted by Crippen LogP contribution is 2.33. The second-order valence-corrected chi connectivity index (χ2v) is 5.17. The summed E-state index contributed by atoms with van der Waals surface area (Å²) in [6.45, 7) is 6.25. The van der Waals surface area contributed by atoms with Gasteiger partial charge in [0, 0.05) is 13.1 Å². The molecule has 1 saturated carbocycles. The molecule has 4 unspecified atom stereocenters. The highest BCUT2D eigenvalue weighted by molar-refractivity contribution is 5.96. The van der Waals surface area contributed by atoms with Crippen LogP contribution in [0.3, 0.4) is 0 Å². The van der Waals surface area contributed by atoms with Crippen LogP contribution in [0.4, 0.5) is 4.79 Å². The third kappa shape index (κ3) is 3.70. The van der Waals surface area contributed by atoms with E-state index in [1.165, 1.54) is 19.9 Å². The lowest BCUT2D eigenvalue weighted by Gasteiger charge is -2.24. The van der Waals surface area contributed by atoms with Crippen LogP contribution in [0.25, 0.3) is 0 Å². The van der Waals surface area contributed by atoms with E-state index in [0.29, 0.717) is 12.0 Å². The normalized spacial score (nSPS) is 28.8. The van der Waals surface area contributed by atoms with Gasteiger partial charge in [0.2, 0.25) is 5.91 Å². The van der Waals surface area contributed by atoms with Gasteiger partial charge in [-0.25, -0.2) is 4.79 Å². The zero-order chi connectivity index (χ0) is 13.7. The average Bonchev–Trinajstić information content (AvgIpc) is 2.70. The van der Waals surface area contributed by atoms with E-state index in [0.717, 1.165) is 12.3 Å². The SMILES string of the molecule is CCC1CCC(NC(C)C(=O)NC(=O)NC)C1C. The van der Waals surface area contributed by atoms with Crippen molar-refractivity contribution in [1.29, 1.82) is 0 Å². The van der Waals surface area contributed by atoms with Crippen molar-refractivity contribution in [2.24, 2.45) is 11.8 Å². The van der Waals surface area contributed by atoms with Crippen molar-refractivity contribution in [1.82, 2.24) is 16.0 Å². The molecular formula is C13H25N3O2. The molecule has 5 heteroatoms. The molecular weight excluding hydrogens is 230 g/mol. The number of carbonyl (C=O) groups is 2. The maximum atomic E-state index is 11.7. The minimum Gasteiger partial charge on any atom is -0.341 e. The Kier molecular flexibility index (Phi) is 5.59. The summed E-state index contributed by atoms with van der Waals surface area (Å²) in [4.78, 5) is 22.8. The Hall–Kier alpha value is -1.10. The Bertz CT molecular complexity index is 307. The molecule has 0 spiro atoms. The maximum absolute atomic E-state index is 11.7. The van der Waals surface area contributed by atoms with Crippen LogP contribution in [0.15, 0.2) is 0 Å². The van der Waals surface area contributed by atoms with Gasteiger partial charge in [0.1, 0.15) is 0 Å². The van der Waals surface area contributed by atoms with Gasteiger partial charge >= 0.3 is 6.03 Å². The molecule has 1 aliphatic rings. The van der Waals surface area contributed by atoms with Gasteiger partial charge in [0.25, 0.3) is 0 Å². The number of nitrogens with one attached hydrogen (secondary N) is 3. The van der Waals surface area contributed by atoms with Crippen molar-refractivity contribution in [3.8, 4) is 0 Å². The van der Waals surface area contributed by atoms with Gasteiger partial charge in [-0.2, -0.15) is 0 Å². The van der Waals surface area contributed by atoms with Gasteiger partial charge in [-0.15, -0.1) is 0 Å². The molecule has 1 aliphatic carbocycles. The summed E-state index contributed by atoms with van der Waals surface area (Å²) in [6, 6.07) is -0.426. The van der Waals surface area contributed by atoms with Crippen LogP contribution in [0.2, 0.25) is 0 Å². The van der Waals surface area contributed by atoms with E-state index in [1.807, 2.05) is 0 Å². The molecule has 0 bridgehead atoms. The Labute approximate surface area is 109 Å². The smallest absolute Gasteiger partial charge is 0.321 e. The zero-order valence-corrected chi connectivity index (χ0v) is 11.7. The number of hydrogen-bond donors (Lipinski definition) is 3. The summed E-state index contributed by atoms with van der Waals surface area (Å²) in [5.41, 5.74) is 0. The zero-order valence-electron chi connectivity index (χ0n) is 11.7. The van der Waals surface area contributed by atoms with E-state index in [-0.39, 0.29) is 11.9 Å². The molecule has 0 aromatic heterocycles. The Morgan fingerprint density at radius 1 is 1.33 bits per heavy atom. The molecule has 0 aliphatic heterocycles. The number of rotatable bonds is 4. The first kappa shape index (κ1) is 15.0. The van der Waals surface area contributed by atoms with Crippen molar-refractivity contribution in [2.75, 3.05) is 7.05 Å². The van der Waals surface area contributed by atoms with E-state index >= 15 is 0 Å². The first-order valence-electron chi connectivity index (χ1n) is 6.78. The fourth-order valence-corrected chi connectivity index (χ4v) is 2.74. The first-order chi connectivity index (χ1) is 8.49. The quantitative estimate of drug-likeness (QED) is 0.708. The van der Waals surface area contributed by atoms with Crippen LogP contribution in [0.5, 0.6) is 0 Å². The van der Waals surface area contributed by atoms with E-state index in [2.05, 4.69) is 29.8 Å². The van der Waals surface area contributed by atoms with Crippen molar-refractivity contribution < 1.29 is 9.59 Å². The molecule has 3 amide bonds. The molecule has 0 aromatic rings. The highest BCUT2D eigenvalue weighted by Gasteiger charge is 2.33. The molecule has 5 nitrogen and oxygen atoms in total. The Balaban J connectivity index is 2.43. The van der Waals surface area contributed by atoms with Gasteiger partial charge in [-0.05, 0) is 31.6 Å². The van der Waals surface area contributed by atoms with Crippen molar-refractivity contribution >= 4 is 11.9 Å². The van der Waals surface area contributed by atoms with E-state index in [9.17, 15) is 9.59 Å². The summed E-state index contributed by atoms with van der Waals surface area (Å²) in [7, 11) is 1.49. The van der Waals surface area contributed by atoms with Crippen LogP contribution in [0.1, 0.15) is 40.0 Å². The standard InChI is InChI=1S/C13H25N3O2/c1-5-10-6-7-11(8(10)2)15-9(3)12(17)16-13(18)14-4/h8-11,15H,5-7H2,1-4H3,(H2,14,16,17,18). The number of urea groups is 1. The first-order valence-corrected chi connectivity index (χ1v) is 6.78. The molecule has 104 valence electrons. The second-order valence-electron chi connectivity index (χ2n) is 5.17. The molecule has 1 fully saturated rings. The third-order valence-electron chi connectivity index (χ3n) is 4.07. The molecule has 0 radical (unpaired) electrons. The summed E-state index contributed by atoms with van der Waals surface area (Å²) in [5, 5.41) is 7.99. The largest absolute Gasteiger partial charge is 0.341 e. The lowest BCUT2D eigenvalue weighted by molar-refractivity contribution is -0.121. The van der Waals surface area contributed by atoms with Gasteiger partial charge in [0.05, 0.1) is 6.04 Å². The Morgan fingerprint density at radius 3 is 2.50 bits per heavy atom. The lowest BCUT2D eigenvalue weighted by Crippen LogP contribution is -2.50. The molecule has 0 saturated heterocycles. The minimum atomic E-state index is -0.459. The van der Waals surface area contributed by atoms with E-state index in [4.69, 9.17) is 0 Å². The van der Waals surface area contributed by atoms with Crippen LogP contribution in [-0.2, 0) is 4.79 Å². The number of hydrogen-bond acceptors (Lipinski definition) is 3. The van der Waals surface area contributed by atoms with Crippen molar-refractivity contribution in [2.45, 2.75) is 52.1 Å². The van der Waals surface area contributed by atoms with E-state index < -0.39 is 6.03 Å². The highest BCUT2D eigenvalue weighted by atomic mass is 16.2. The van der Waals surface area contributed by atoms with Crippen LogP contribution >= 0.6 is 0 Å². The molecule has 4 atom stereocenters. The molecule has 18 heavy (non-hydrogen) atoms. The summed E-state index contributed by atoms with van der Waals surface area (Å²) in [6.07, 6.45) is 3.52. The predicted octanol–water partition coefficient (Wildman–Crippen LogP) is 1.24. The van der Waals surface area contributed by atoms with Crippen LogP contribution in [0, 0.1) is 11.8 Å². The maximum Gasteiger partial charge on any atom is 0.321 e. The van der Waals surface area contributed by atoms with E-state index in [1.54, 1.807) is 6.92 Å². The predicted molar refractivity (Wildman–Crippen MR) is 71.2 cm³/mol. The summed E-state index contributed by atoms with van der Waals surface area (Å²) in [5.74, 6) is 1.06. The van der Waals surface area contributed by atoms with Gasteiger partial charge < -0.3 is 10.6 Å². The van der Waals surface area contributed by atoms with Gasteiger partial charge in [-0.3, -0.25) is 10.1 Å². The monoisotopic (exact) mass is 255 g/mol. The third-order valence-corrected chi connectivity index (χ3v) is 4.07. The fourth-order valence-electron chi connectivity index (χ4n) is 2.74. The number of amides is 3. The molecule has 0 aromatic carbocycles. The van der Waals surface area contributed by atoms with Crippen molar-refractivity contribution in [3.05, 3.63) is 0 Å². The molecule has 1 rings (SSSR count). The fraction of sp³-hybridized carbons (Fsp3) is 0.846. The molecule has 3 N–H and O–H groups in total. The minimum absolute atomic E-state index is 0.276. The average molecular weight is 255 g/mol. The van der Waals surface area contributed by atoms with Crippen LogP contribution in [-0.4, -0.2) is 31.1 Å². The number of carbonyl (C=O) groups excluding carboxylic acids is 2. The Morgan fingerprint density at radius 2 is 2.00 bits per heavy atom. The van der Waals surface area contributed by atoms with Crippen molar-refractivity contribution in [3.63, 3.8) is 0 Å². The lowest BCUT2D eigenvalue weighted by atomic mass is 9.93. The van der Waals surface area contributed by atoms with Gasteiger partial charge in [-0.1, -0.05) is 20.3 Å². The van der Waals surface area contributed by atoms with Crippen LogP contribution < -0.4 is 16.0 Å². The second kappa shape index (κ2) is 6.73. The number of imide groups is 1. The van der Waals surface area contributed by atoms with Gasteiger partial charge in [0.15, 0.2) is 0 Å². The summed E-state index contributed by atoms with van der Waals surface area (Å²) < 4.78 is 0. The summed E-state index contributed by atoms with van der Waals surface area (Å²) >= 11 is 0.